The van der Waals surface area contributed by atoms with Crippen molar-refractivity contribution in [1.82, 2.24) is 0 Å². The van der Waals surface area contributed by atoms with Gasteiger partial charge in [-0.05, 0) is 18.1 Å². The van der Waals surface area contributed by atoms with E-state index in [2.05, 4.69) is 24.2 Å². The van der Waals surface area contributed by atoms with Gasteiger partial charge in [-0.25, -0.2) is 0 Å². The molecular weight excluding hydrogens is 275 g/mol. The van der Waals surface area contributed by atoms with Gasteiger partial charge in [-0.3, -0.25) is 4.99 Å². The third-order valence-electron chi connectivity index (χ3n) is 2.64. The number of nitrogens with zero attached hydrogens (tertiary/aromatic N) is 1. The van der Waals surface area contributed by atoms with Crippen LogP contribution in [0.3, 0.4) is 0 Å². The van der Waals surface area contributed by atoms with Crippen molar-refractivity contribution in [3.63, 3.8) is 0 Å². The first-order valence-electron chi connectivity index (χ1n) is 5.49. The van der Waals surface area contributed by atoms with E-state index in [0.717, 1.165) is 16.6 Å². The van der Waals surface area contributed by atoms with Gasteiger partial charge in [0.25, 0.3) is 0 Å². The molecule has 0 aliphatic carbocycles. The number of rotatable bonds is 2. The molecule has 92 valence electrons. The highest BCUT2D eigenvalue weighted by Crippen LogP contribution is 2.31. The zero-order valence-electron chi connectivity index (χ0n) is 9.71. The first kappa shape index (κ1) is 13.1. The van der Waals surface area contributed by atoms with Crippen LogP contribution in [-0.4, -0.2) is 17.0 Å². The number of anilines is 1. The minimum absolute atomic E-state index is 0.389. The number of amidine groups is 1. The van der Waals surface area contributed by atoms with Gasteiger partial charge in [0, 0.05) is 5.75 Å². The van der Waals surface area contributed by atoms with Gasteiger partial charge in [0.15, 0.2) is 5.17 Å². The van der Waals surface area contributed by atoms with E-state index < -0.39 is 0 Å². The van der Waals surface area contributed by atoms with Crippen molar-refractivity contribution in [2.75, 3.05) is 11.1 Å². The Morgan fingerprint density at radius 1 is 1.41 bits per heavy atom. The largest absolute Gasteiger partial charge is 0.334 e. The molecule has 0 unspecified atom stereocenters. The number of benzene rings is 1. The Kier molecular flexibility index (Phi) is 4.23. The number of nitrogens with one attached hydrogen (secondary N) is 1. The molecule has 0 amide bonds. The van der Waals surface area contributed by atoms with Gasteiger partial charge >= 0.3 is 0 Å². The first-order valence-corrected chi connectivity index (χ1v) is 7.23. The molecule has 0 fully saturated rings. The normalized spacial score (nSPS) is 19.6. The number of hydrogen-bond acceptors (Lipinski definition) is 3. The van der Waals surface area contributed by atoms with Crippen LogP contribution in [0.2, 0.25) is 10.0 Å². The second kappa shape index (κ2) is 5.51. The lowest BCUT2D eigenvalue weighted by atomic mass is 10.1. The molecule has 2 nitrogen and oxygen atoms in total. The van der Waals surface area contributed by atoms with E-state index in [1.165, 1.54) is 0 Å². The molecule has 0 aromatic heterocycles. The summed E-state index contributed by atoms with van der Waals surface area (Å²) in [6.07, 6.45) is 0. The summed E-state index contributed by atoms with van der Waals surface area (Å²) in [5.74, 6) is 1.59. The van der Waals surface area contributed by atoms with E-state index in [-0.39, 0.29) is 0 Å². The quantitative estimate of drug-likeness (QED) is 0.864. The molecule has 5 heteroatoms. The minimum Gasteiger partial charge on any atom is -0.334 e. The number of halogens is 2. The molecule has 17 heavy (non-hydrogen) atoms. The summed E-state index contributed by atoms with van der Waals surface area (Å²) in [5, 5.41) is 5.26. The lowest BCUT2D eigenvalue weighted by Crippen LogP contribution is -2.12. The molecule has 1 aliphatic heterocycles. The SMILES string of the molecule is CC(C)[C@H]1CSC(Nc2cccc(Cl)c2Cl)=N1. The fraction of sp³-hybridized carbons (Fsp3) is 0.417. The van der Waals surface area contributed by atoms with Crippen molar-refractivity contribution < 1.29 is 0 Å². The molecule has 0 spiro atoms. The molecule has 0 radical (unpaired) electrons. The van der Waals surface area contributed by atoms with Crippen LogP contribution < -0.4 is 5.32 Å². The fourth-order valence-electron chi connectivity index (χ4n) is 1.51. The molecule has 0 bridgehead atoms. The summed E-state index contributed by atoms with van der Waals surface area (Å²) in [4.78, 5) is 4.62. The molecule has 1 aromatic rings. The molecule has 1 heterocycles. The highest BCUT2D eigenvalue weighted by molar-refractivity contribution is 8.14. The second-order valence-electron chi connectivity index (χ2n) is 4.28. The van der Waals surface area contributed by atoms with Crippen molar-refractivity contribution >= 4 is 45.8 Å². The Morgan fingerprint density at radius 2 is 2.18 bits per heavy atom. The van der Waals surface area contributed by atoms with Crippen LogP contribution >= 0.6 is 35.0 Å². The van der Waals surface area contributed by atoms with Gasteiger partial charge in [-0.2, -0.15) is 0 Å². The summed E-state index contributed by atoms with van der Waals surface area (Å²) in [5.41, 5.74) is 0.815. The highest BCUT2D eigenvalue weighted by Gasteiger charge is 2.21. The van der Waals surface area contributed by atoms with Gasteiger partial charge in [0.1, 0.15) is 0 Å². The second-order valence-corrected chi connectivity index (χ2v) is 6.08. The van der Waals surface area contributed by atoms with Gasteiger partial charge in [-0.1, -0.05) is 54.9 Å². The molecule has 1 atom stereocenters. The lowest BCUT2D eigenvalue weighted by Gasteiger charge is -2.09. The van der Waals surface area contributed by atoms with Crippen LogP contribution in [0.5, 0.6) is 0 Å². The summed E-state index contributed by atoms with van der Waals surface area (Å²) in [6.45, 7) is 4.37. The lowest BCUT2D eigenvalue weighted by molar-refractivity contribution is 0.543. The average Bonchev–Trinajstić information content (AvgIpc) is 2.73. The zero-order valence-corrected chi connectivity index (χ0v) is 12.0. The maximum absolute atomic E-state index is 6.11. The summed E-state index contributed by atoms with van der Waals surface area (Å²) in [6, 6.07) is 5.94. The topological polar surface area (TPSA) is 24.4 Å². The van der Waals surface area contributed by atoms with Crippen LogP contribution in [0, 0.1) is 5.92 Å². The maximum Gasteiger partial charge on any atom is 0.161 e. The van der Waals surface area contributed by atoms with Crippen LogP contribution in [0.4, 0.5) is 5.69 Å². The van der Waals surface area contributed by atoms with E-state index in [9.17, 15) is 0 Å². The van der Waals surface area contributed by atoms with Crippen LogP contribution in [0.1, 0.15) is 13.8 Å². The predicted molar refractivity (Wildman–Crippen MR) is 78.6 cm³/mol. The number of hydrogen-bond donors (Lipinski definition) is 1. The number of thioether (sulfide) groups is 1. The zero-order chi connectivity index (χ0) is 12.4. The van der Waals surface area contributed by atoms with E-state index in [1.54, 1.807) is 17.8 Å². The molecule has 1 aliphatic rings. The Labute approximate surface area is 116 Å². The minimum atomic E-state index is 0.389. The summed E-state index contributed by atoms with van der Waals surface area (Å²) in [7, 11) is 0. The molecule has 0 saturated carbocycles. The van der Waals surface area contributed by atoms with E-state index in [1.807, 2.05) is 12.1 Å². The Hall–Kier alpha value is -0.380. The standard InChI is InChI=1S/C12H14Cl2N2S/c1-7(2)10-6-17-12(16-10)15-9-5-3-4-8(13)11(9)14/h3-5,7,10H,6H2,1-2H3,(H,15,16)/t10-/m1/s1. The van der Waals surface area contributed by atoms with Crippen LogP contribution in [-0.2, 0) is 0 Å². The fourth-order valence-corrected chi connectivity index (χ4v) is 3.04. The van der Waals surface area contributed by atoms with Gasteiger partial charge < -0.3 is 5.32 Å². The Bertz CT molecular complexity index is 446. The van der Waals surface area contributed by atoms with Crippen molar-refractivity contribution in [1.29, 1.82) is 0 Å². The third-order valence-corrected chi connectivity index (χ3v) is 4.44. The van der Waals surface area contributed by atoms with Crippen molar-refractivity contribution in [2.24, 2.45) is 10.9 Å². The average molecular weight is 289 g/mol. The van der Waals surface area contributed by atoms with Crippen molar-refractivity contribution in [3.8, 4) is 0 Å². The first-order chi connectivity index (χ1) is 8.08. The van der Waals surface area contributed by atoms with Gasteiger partial charge in [0.2, 0.25) is 0 Å². The van der Waals surface area contributed by atoms with Crippen LogP contribution in [0.25, 0.3) is 0 Å². The smallest absolute Gasteiger partial charge is 0.161 e. The van der Waals surface area contributed by atoms with Crippen LogP contribution in [0.15, 0.2) is 23.2 Å². The summed E-state index contributed by atoms with van der Waals surface area (Å²) >= 11 is 13.8. The maximum atomic E-state index is 6.11. The number of aliphatic imine (C=N–C) groups is 1. The van der Waals surface area contributed by atoms with Gasteiger partial charge in [0.05, 0.1) is 21.8 Å². The van der Waals surface area contributed by atoms with E-state index >= 15 is 0 Å². The molecule has 2 rings (SSSR count). The van der Waals surface area contributed by atoms with Crippen molar-refractivity contribution in [2.45, 2.75) is 19.9 Å². The van der Waals surface area contributed by atoms with Gasteiger partial charge in [-0.15, -0.1) is 0 Å². The molecule has 1 N–H and O–H groups in total. The third kappa shape index (κ3) is 3.09. The van der Waals surface area contributed by atoms with Crippen molar-refractivity contribution in [3.05, 3.63) is 28.2 Å². The molecular formula is C12H14Cl2N2S. The van der Waals surface area contributed by atoms with E-state index in [0.29, 0.717) is 22.0 Å². The molecule has 1 aromatic carbocycles. The highest BCUT2D eigenvalue weighted by atomic mass is 35.5. The summed E-state index contributed by atoms with van der Waals surface area (Å²) < 4.78 is 0. The Morgan fingerprint density at radius 3 is 2.82 bits per heavy atom. The van der Waals surface area contributed by atoms with E-state index in [4.69, 9.17) is 23.2 Å². The Balaban J connectivity index is 2.12. The monoisotopic (exact) mass is 288 g/mol. The predicted octanol–water partition coefficient (Wildman–Crippen LogP) is 4.53. The molecule has 0 saturated heterocycles.